The molecule has 2 rings (SSSR count). The van der Waals surface area contributed by atoms with Crippen LogP contribution in [0.2, 0.25) is 0 Å². The van der Waals surface area contributed by atoms with Gasteiger partial charge in [-0.05, 0) is 12.1 Å². The van der Waals surface area contributed by atoms with Crippen LogP contribution >= 0.6 is 11.8 Å². The molecule has 0 fully saturated rings. The average Bonchev–Trinajstić information content (AvgIpc) is 2.33. The molecule has 0 saturated carbocycles. The van der Waals surface area contributed by atoms with Gasteiger partial charge in [-0.2, -0.15) is 0 Å². The second-order valence-electron chi connectivity index (χ2n) is 2.85. The lowest BCUT2D eigenvalue weighted by molar-refractivity contribution is 0.0555. The highest BCUT2D eigenvalue weighted by molar-refractivity contribution is 7.99. The molecule has 0 aliphatic carbocycles. The molecule has 0 saturated heterocycles. The Balaban J connectivity index is 2.43. The van der Waals surface area contributed by atoms with E-state index < -0.39 is 11.9 Å². The van der Waals surface area contributed by atoms with Crippen molar-refractivity contribution in [1.82, 2.24) is 0 Å². The van der Waals surface area contributed by atoms with Crippen LogP contribution in [0.15, 0.2) is 24.3 Å². The lowest BCUT2D eigenvalue weighted by Gasteiger charge is -2.04. The van der Waals surface area contributed by atoms with E-state index in [1.54, 1.807) is 24.3 Å². The topological polar surface area (TPSA) is 52.6 Å². The predicted molar refractivity (Wildman–Crippen MR) is 54.6 cm³/mol. The van der Waals surface area contributed by atoms with E-state index in [1.165, 1.54) is 11.8 Å². The van der Waals surface area contributed by atoms with E-state index in [4.69, 9.17) is 9.47 Å². The molecular weight excluding hydrogens is 216 g/mol. The third-order valence-corrected chi connectivity index (χ3v) is 2.48. The quantitative estimate of drug-likeness (QED) is 0.627. The second-order valence-corrected chi connectivity index (χ2v) is 3.73. The molecule has 0 bridgehead atoms. The van der Waals surface area contributed by atoms with E-state index >= 15 is 0 Å². The Morgan fingerprint density at radius 1 is 0.933 bits per heavy atom. The Bertz CT molecular complexity index is 365. The van der Waals surface area contributed by atoms with Gasteiger partial charge in [0.1, 0.15) is 11.9 Å². The Hall–Kier alpha value is -1.49. The molecule has 78 valence electrons. The van der Waals surface area contributed by atoms with Gasteiger partial charge in [0, 0.05) is 0 Å². The molecular formula is C10H8O4S. The molecule has 0 unspecified atom stereocenters. The second kappa shape index (κ2) is 4.35. The summed E-state index contributed by atoms with van der Waals surface area (Å²) in [5.74, 6) is -0.588. The number of carbonyl (C=O) groups is 2. The monoisotopic (exact) mass is 224 g/mol. The van der Waals surface area contributed by atoms with Gasteiger partial charge in [-0.3, -0.25) is 0 Å². The van der Waals surface area contributed by atoms with Crippen LogP contribution in [0.5, 0.6) is 0 Å². The number of hydrogen-bond donors (Lipinski definition) is 0. The van der Waals surface area contributed by atoms with Crippen molar-refractivity contribution in [3.05, 3.63) is 35.4 Å². The molecule has 0 aromatic heterocycles. The maximum absolute atomic E-state index is 11.5. The lowest BCUT2D eigenvalue weighted by atomic mass is 10.1. The first-order valence-corrected chi connectivity index (χ1v) is 5.45. The fourth-order valence-corrected chi connectivity index (χ4v) is 1.67. The first kappa shape index (κ1) is 10.0. The summed E-state index contributed by atoms with van der Waals surface area (Å²) in [6, 6.07) is 6.46. The minimum Gasteiger partial charge on any atom is -0.451 e. The molecule has 1 aromatic rings. The van der Waals surface area contributed by atoms with E-state index in [-0.39, 0.29) is 23.0 Å². The highest BCUT2D eigenvalue weighted by atomic mass is 32.2. The van der Waals surface area contributed by atoms with Crippen molar-refractivity contribution in [2.45, 2.75) is 0 Å². The van der Waals surface area contributed by atoms with E-state index in [0.717, 1.165) is 0 Å². The zero-order valence-electron chi connectivity index (χ0n) is 7.76. The van der Waals surface area contributed by atoms with Crippen LogP contribution in [-0.4, -0.2) is 23.8 Å². The molecule has 0 N–H and O–H groups in total. The Morgan fingerprint density at radius 2 is 1.40 bits per heavy atom. The van der Waals surface area contributed by atoms with Crippen molar-refractivity contribution < 1.29 is 19.1 Å². The summed E-state index contributed by atoms with van der Waals surface area (Å²) in [6.07, 6.45) is 0. The first-order valence-electron chi connectivity index (χ1n) is 4.30. The molecule has 4 nitrogen and oxygen atoms in total. The van der Waals surface area contributed by atoms with Crippen LogP contribution in [-0.2, 0) is 9.47 Å². The number of rotatable bonds is 0. The van der Waals surface area contributed by atoms with Crippen molar-refractivity contribution in [1.29, 1.82) is 0 Å². The summed E-state index contributed by atoms with van der Waals surface area (Å²) < 4.78 is 9.86. The fourth-order valence-electron chi connectivity index (χ4n) is 1.22. The molecule has 1 aromatic carbocycles. The summed E-state index contributed by atoms with van der Waals surface area (Å²) in [5.41, 5.74) is 0.509. The smallest absolute Gasteiger partial charge is 0.339 e. The maximum atomic E-state index is 11.5. The van der Waals surface area contributed by atoms with Gasteiger partial charge in [-0.25, -0.2) is 9.59 Å². The highest BCUT2D eigenvalue weighted by Crippen LogP contribution is 2.16. The van der Waals surface area contributed by atoms with Gasteiger partial charge in [0.2, 0.25) is 0 Å². The molecule has 1 heterocycles. The lowest BCUT2D eigenvalue weighted by Crippen LogP contribution is -2.11. The molecule has 0 radical (unpaired) electrons. The van der Waals surface area contributed by atoms with E-state index in [9.17, 15) is 9.59 Å². The van der Waals surface area contributed by atoms with Gasteiger partial charge < -0.3 is 9.47 Å². The van der Waals surface area contributed by atoms with Crippen molar-refractivity contribution in [3.8, 4) is 0 Å². The molecule has 15 heavy (non-hydrogen) atoms. The largest absolute Gasteiger partial charge is 0.451 e. The number of thioether (sulfide) groups is 1. The zero-order valence-corrected chi connectivity index (χ0v) is 8.58. The summed E-state index contributed by atoms with van der Waals surface area (Å²) in [6.45, 7) is 0. The fraction of sp³-hybridized carbons (Fsp3) is 0.200. The molecule has 0 amide bonds. The number of benzene rings is 1. The number of cyclic esters (lactones) is 2. The Labute approximate surface area is 90.6 Å². The third-order valence-electron chi connectivity index (χ3n) is 1.91. The minimum absolute atomic E-state index is 0.195. The number of fused-ring (bicyclic) bond motifs is 1. The molecule has 0 spiro atoms. The van der Waals surface area contributed by atoms with Crippen molar-refractivity contribution in [2.24, 2.45) is 0 Å². The highest BCUT2D eigenvalue weighted by Gasteiger charge is 2.20. The minimum atomic E-state index is -0.489. The maximum Gasteiger partial charge on any atom is 0.339 e. The SMILES string of the molecule is O=C1OCSCOC(=O)c2ccccc21. The number of ether oxygens (including phenoxy) is 2. The van der Waals surface area contributed by atoms with Crippen molar-refractivity contribution >= 4 is 23.7 Å². The number of carbonyl (C=O) groups excluding carboxylic acids is 2. The van der Waals surface area contributed by atoms with Crippen LogP contribution < -0.4 is 0 Å². The number of esters is 2. The summed E-state index contributed by atoms with van der Waals surface area (Å²) >= 11 is 1.23. The van der Waals surface area contributed by atoms with Crippen LogP contribution in [0.1, 0.15) is 20.7 Å². The molecule has 5 heteroatoms. The third kappa shape index (κ3) is 2.12. The average molecular weight is 224 g/mol. The van der Waals surface area contributed by atoms with Crippen LogP contribution in [0, 0.1) is 0 Å². The van der Waals surface area contributed by atoms with E-state index in [0.29, 0.717) is 0 Å². The van der Waals surface area contributed by atoms with Crippen LogP contribution in [0.25, 0.3) is 0 Å². The van der Waals surface area contributed by atoms with Gasteiger partial charge in [-0.1, -0.05) is 23.9 Å². The van der Waals surface area contributed by atoms with Gasteiger partial charge >= 0.3 is 11.9 Å². The summed E-state index contributed by atoms with van der Waals surface area (Å²) in [7, 11) is 0. The zero-order chi connectivity index (χ0) is 10.7. The standard InChI is InChI=1S/C10H8O4S/c11-9-7-3-1-2-4-8(7)10(12)14-6-15-5-13-9/h1-4H,5-6H2. The summed E-state index contributed by atoms with van der Waals surface area (Å²) in [4.78, 5) is 23.0. The van der Waals surface area contributed by atoms with Gasteiger partial charge in [0.05, 0.1) is 11.1 Å². The Morgan fingerprint density at radius 3 is 1.87 bits per heavy atom. The van der Waals surface area contributed by atoms with E-state index in [1.807, 2.05) is 0 Å². The Kier molecular flexibility index (Phi) is 2.91. The predicted octanol–water partition coefficient (Wildman–Crippen LogP) is 1.66. The van der Waals surface area contributed by atoms with Gasteiger partial charge in [0.25, 0.3) is 0 Å². The molecule has 1 aliphatic heterocycles. The molecule has 0 atom stereocenters. The van der Waals surface area contributed by atoms with Crippen LogP contribution in [0.4, 0.5) is 0 Å². The molecule has 1 aliphatic rings. The van der Waals surface area contributed by atoms with Crippen molar-refractivity contribution in [3.63, 3.8) is 0 Å². The van der Waals surface area contributed by atoms with Crippen LogP contribution in [0.3, 0.4) is 0 Å². The van der Waals surface area contributed by atoms with Crippen molar-refractivity contribution in [2.75, 3.05) is 11.9 Å². The normalized spacial score (nSPS) is 16.5. The van der Waals surface area contributed by atoms with E-state index in [2.05, 4.69) is 0 Å². The first-order chi connectivity index (χ1) is 7.29. The van der Waals surface area contributed by atoms with Gasteiger partial charge in [0.15, 0.2) is 0 Å². The van der Waals surface area contributed by atoms with Gasteiger partial charge in [-0.15, -0.1) is 0 Å². The summed E-state index contributed by atoms with van der Waals surface area (Å²) in [5, 5.41) is 0. The number of hydrogen-bond acceptors (Lipinski definition) is 5.